The van der Waals surface area contributed by atoms with Gasteiger partial charge in [0, 0.05) is 6.21 Å². The molecule has 0 N–H and O–H groups in total. The van der Waals surface area contributed by atoms with Crippen LogP contribution in [0.1, 0.15) is 19.4 Å². The molecule has 0 amide bonds. The summed E-state index contributed by atoms with van der Waals surface area (Å²) in [6.07, 6.45) is 1.76. The number of aliphatic imine (C=N–C) groups is 1. The molecule has 0 fully saturated rings. The van der Waals surface area contributed by atoms with Crippen LogP contribution in [0.5, 0.6) is 0 Å². The number of hydrogen-bond acceptors (Lipinski definition) is 1. The molecule has 0 saturated heterocycles. The largest absolute Gasteiger partial charge is 0.259 e. The van der Waals surface area contributed by atoms with E-state index in [9.17, 15) is 0 Å². The third-order valence-corrected chi connectivity index (χ3v) is 1.72. The fraction of sp³-hybridized carbons (Fsp3) is 0.364. The standard InChI is InChI=1S/C11H14ClN/c1-9-6-4-5-7-10(9)13-8-11(2,3)12/h4-8H,1-3H3. The molecule has 1 aromatic rings. The first kappa shape index (κ1) is 10.3. The number of aryl methyl sites for hydroxylation is 1. The monoisotopic (exact) mass is 195 g/mol. The number of benzene rings is 1. The Kier molecular flexibility index (Phi) is 3.10. The van der Waals surface area contributed by atoms with E-state index < -0.39 is 0 Å². The SMILES string of the molecule is Cc1ccccc1N=CC(C)(C)Cl. The normalized spacial score (nSPS) is 12.3. The summed E-state index contributed by atoms with van der Waals surface area (Å²) in [5, 5.41) is 0. The van der Waals surface area contributed by atoms with Crippen molar-refractivity contribution >= 4 is 23.5 Å². The summed E-state index contributed by atoms with van der Waals surface area (Å²) in [7, 11) is 0. The van der Waals surface area contributed by atoms with E-state index >= 15 is 0 Å². The topological polar surface area (TPSA) is 12.4 Å². The van der Waals surface area contributed by atoms with Gasteiger partial charge >= 0.3 is 0 Å². The molecule has 1 aromatic carbocycles. The first-order chi connectivity index (χ1) is 5.99. The molecule has 0 aromatic heterocycles. The van der Waals surface area contributed by atoms with Gasteiger partial charge < -0.3 is 0 Å². The molecule has 0 aliphatic carbocycles. The second kappa shape index (κ2) is 3.93. The van der Waals surface area contributed by atoms with Crippen LogP contribution in [-0.4, -0.2) is 11.1 Å². The Morgan fingerprint density at radius 2 is 1.92 bits per heavy atom. The Morgan fingerprint density at radius 1 is 1.31 bits per heavy atom. The van der Waals surface area contributed by atoms with Gasteiger partial charge in [-0.15, -0.1) is 11.6 Å². The number of para-hydroxylation sites is 1. The Balaban J connectivity index is 2.86. The lowest BCUT2D eigenvalue weighted by Crippen LogP contribution is -2.10. The minimum absolute atomic E-state index is 0.373. The Hall–Kier alpha value is -0.820. The van der Waals surface area contributed by atoms with Gasteiger partial charge in [-0.2, -0.15) is 0 Å². The van der Waals surface area contributed by atoms with E-state index in [1.165, 1.54) is 5.56 Å². The summed E-state index contributed by atoms with van der Waals surface area (Å²) in [5.74, 6) is 0. The Labute approximate surface area is 84.5 Å². The van der Waals surface area contributed by atoms with Crippen molar-refractivity contribution in [3.8, 4) is 0 Å². The number of halogens is 1. The number of rotatable bonds is 2. The lowest BCUT2D eigenvalue weighted by molar-refractivity contribution is 0.956. The van der Waals surface area contributed by atoms with Crippen LogP contribution in [0.4, 0.5) is 5.69 Å². The second-order valence-corrected chi connectivity index (χ2v) is 4.58. The van der Waals surface area contributed by atoms with Crippen LogP contribution in [0, 0.1) is 6.92 Å². The van der Waals surface area contributed by atoms with Gasteiger partial charge in [0.15, 0.2) is 0 Å². The Morgan fingerprint density at radius 3 is 2.46 bits per heavy atom. The molecule has 0 aliphatic heterocycles. The van der Waals surface area contributed by atoms with Crippen molar-refractivity contribution in [2.75, 3.05) is 0 Å². The third kappa shape index (κ3) is 3.60. The molecule has 0 saturated carbocycles. The smallest absolute Gasteiger partial charge is 0.0741 e. The first-order valence-corrected chi connectivity index (χ1v) is 4.66. The number of nitrogens with zero attached hydrogens (tertiary/aromatic N) is 1. The lowest BCUT2D eigenvalue weighted by atomic mass is 10.2. The lowest BCUT2D eigenvalue weighted by Gasteiger charge is -2.07. The van der Waals surface area contributed by atoms with E-state index in [4.69, 9.17) is 11.6 Å². The minimum atomic E-state index is -0.373. The zero-order valence-corrected chi connectivity index (χ0v) is 8.97. The molecule has 0 bridgehead atoms. The van der Waals surface area contributed by atoms with Gasteiger partial charge in [-0.25, -0.2) is 0 Å². The number of hydrogen-bond donors (Lipinski definition) is 0. The molecule has 1 nitrogen and oxygen atoms in total. The molecule has 0 unspecified atom stereocenters. The first-order valence-electron chi connectivity index (χ1n) is 4.29. The Bertz CT molecular complexity index is 310. The van der Waals surface area contributed by atoms with Crippen LogP contribution in [0.2, 0.25) is 0 Å². The molecule has 13 heavy (non-hydrogen) atoms. The summed E-state index contributed by atoms with van der Waals surface area (Å²) >= 11 is 5.99. The second-order valence-electron chi connectivity index (χ2n) is 3.61. The molecule has 0 radical (unpaired) electrons. The predicted molar refractivity (Wildman–Crippen MR) is 59.3 cm³/mol. The van der Waals surface area contributed by atoms with Crippen molar-refractivity contribution in [3.63, 3.8) is 0 Å². The molecule has 1 rings (SSSR count). The molecular formula is C11H14ClN. The van der Waals surface area contributed by atoms with Gasteiger partial charge in [0.2, 0.25) is 0 Å². The van der Waals surface area contributed by atoms with Crippen LogP contribution >= 0.6 is 11.6 Å². The molecule has 0 aliphatic rings. The van der Waals surface area contributed by atoms with E-state index in [1.807, 2.05) is 45.0 Å². The van der Waals surface area contributed by atoms with E-state index in [0.29, 0.717) is 0 Å². The van der Waals surface area contributed by atoms with Crippen LogP contribution in [0.3, 0.4) is 0 Å². The molecule has 70 valence electrons. The summed E-state index contributed by atoms with van der Waals surface area (Å²) in [5.41, 5.74) is 2.15. The van der Waals surface area contributed by atoms with E-state index in [0.717, 1.165) is 5.69 Å². The maximum absolute atomic E-state index is 5.99. The van der Waals surface area contributed by atoms with Crippen LogP contribution in [0.15, 0.2) is 29.3 Å². The van der Waals surface area contributed by atoms with Crippen molar-refractivity contribution in [2.24, 2.45) is 4.99 Å². The highest BCUT2D eigenvalue weighted by molar-refractivity contribution is 6.31. The fourth-order valence-electron chi connectivity index (χ4n) is 0.931. The summed E-state index contributed by atoms with van der Waals surface area (Å²) < 4.78 is 0. The fourth-order valence-corrected chi connectivity index (χ4v) is 0.980. The molecular weight excluding hydrogens is 182 g/mol. The average Bonchev–Trinajstić information content (AvgIpc) is 2.01. The van der Waals surface area contributed by atoms with Crippen molar-refractivity contribution in [1.82, 2.24) is 0 Å². The molecule has 0 spiro atoms. The van der Waals surface area contributed by atoms with Gasteiger partial charge in [-0.3, -0.25) is 4.99 Å². The van der Waals surface area contributed by atoms with Crippen molar-refractivity contribution < 1.29 is 0 Å². The van der Waals surface area contributed by atoms with Gasteiger partial charge in [0.1, 0.15) is 0 Å². The van der Waals surface area contributed by atoms with E-state index in [2.05, 4.69) is 4.99 Å². The average molecular weight is 196 g/mol. The van der Waals surface area contributed by atoms with E-state index in [-0.39, 0.29) is 4.87 Å². The molecule has 2 heteroatoms. The predicted octanol–water partition coefficient (Wildman–Crippen LogP) is 3.71. The summed E-state index contributed by atoms with van der Waals surface area (Å²) in [6.45, 7) is 5.86. The van der Waals surface area contributed by atoms with Crippen molar-refractivity contribution in [2.45, 2.75) is 25.6 Å². The zero-order valence-electron chi connectivity index (χ0n) is 8.21. The van der Waals surface area contributed by atoms with E-state index in [1.54, 1.807) is 6.21 Å². The third-order valence-electron chi connectivity index (χ3n) is 1.63. The summed E-state index contributed by atoms with van der Waals surface area (Å²) in [4.78, 5) is 3.95. The van der Waals surface area contributed by atoms with Gasteiger partial charge in [-0.1, -0.05) is 18.2 Å². The van der Waals surface area contributed by atoms with Gasteiger partial charge in [0.05, 0.1) is 10.6 Å². The number of alkyl halides is 1. The van der Waals surface area contributed by atoms with Gasteiger partial charge in [0.25, 0.3) is 0 Å². The highest BCUT2D eigenvalue weighted by atomic mass is 35.5. The highest BCUT2D eigenvalue weighted by Crippen LogP contribution is 2.18. The minimum Gasteiger partial charge on any atom is -0.259 e. The van der Waals surface area contributed by atoms with Gasteiger partial charge in [-0.05, 0) is 32.4 Å². The van der Waals surface area contributed by atoms with Crippen LogP contribution < -0.4 is 0 Å². The highest BCUT2D eigenvalue weighted by Gasteiger charge is 2.08. The van der Waals surface area contributed by atoms with Crippen molar-refractivity contribution in [3.05, 3.63) is 29.8 Å². The zero-order chi connectivity index (χ0) is 9.90. The maximum atomic E-state index is 5.99. The van der Waals surface area contributed by atoms with Crippen LogP contribution in [-0.2, 0) is 0 Å². The molecule has 0 heterocycles. The molecule has 0 atom stereocenters. The quantitative estimate of drug-likeness (QED) is 0.504. The van der Waals surface area contributed by atoms with Crippen LogP contribution in [0.25, 0.3) is 0 Å². The van der Waals surface area contributed by atoms with Crippen molar-refractivity contribution in [1.29, 1.82) is 0 Å². The maximum Gasteiger partial charge on any atom is 0.0741 e. The summed E-state index contributed by atoms with van der Waals surface area (Å²) in [6, 6.07) is 7.99.